The van der Waals surface area contributed by atoms with Crippen molar-refractivity contribution in [2.75, 3.05) is 11.9 Å². The Labute approximate surface area is 142 Å². The van der Waals surface area contributed by atoms with Crippen LogP contribution in [0, 0.1) is 5.82 Å². The van der Waals surface area contributed by atoms with E-state index in [-0.39, 0.29) is 0 Å². The first-order valence-corrected chi connectivity index (χ1v) is 7.78. The minimum absolute atomic E-state index is 0.328. The van der Waals surface area contributed by atoms with Gasteiger partial charge in [0.25, 0.3) is 0 Å². The van der Waals surface area contributed by atoms with Crippen molar-refractivity contribution in [3.63, 3.8) is 0 Å². The molecule has 0 saturated carbocycles. The lowest BCUT2D eigenvalue weighted by Gasteiger charge is -2.04. The number of hydrogen-bond acceptors (Lipinski definition) is 5. The Balaban J connectivity index is 1.57. The van der Waals surface area contributed by atoms with Crippen LogP contribution in [0.4, 0.5) is 16.0 Å². The van der Waals surface area contributed by atoms with E-state index in [4.69, 9.17) is 4.74 Å². The van der Waals surface area contributed by atoms with Crippen molar-refractivity contribution in [2.24, 2.45) is 0 Å². The summed E-state index contributed by atoms with van der Waals surface area (Å²) in [6, 6.07) is 10.4. The first-order valence-electron chi connectivity index (χ1n) is 7.78. The van der Waals surface area contributed by atoms with Gasteiger partial charge < -0.3 is 10.1 Å². The van der Waals surface area contributed by atoms with Crippen molar-refractivity contribution >= 4 is 22.5 Å². The van der Waals surface area contributed by atoms with Crippen LogP contribution in [0.3, 0.4) is 0 Å². The molecule has 25 heavy (non-hydrogen) atoms. The summed E-state index contributed by atoms with van der Waals surface area (Å²) in [4.78, 5) is 4.30. The zero-order chi connectivity index (χ0) is 17.2. The third kappa shape index (κ3) is 3.01. The van der Waals surface area contributed by atoms with Crippen LogP contribution >= 0.6 is 0 Å². The van der Waals surface area contributed by atoms with Gasteiger partial charge in [0.2, 0.25) is 5.95 Å². The average Bonchev–Trinajstić information content (AvgIpc) is 3.24. The lowest BCUT2D eigenvalue weighted by Crippen LogP contribution is -1.94. The normalized spacial score (nSPS) is 11.0. The molecule has 8 heteroatoms. The third-order valence-electron chi connectivity index (χ3n) is 3.69. The Kier molecular flexibility index (Phi) is 3.77. The summed E-state index contributed by atoms with van der Waals surface area (Å²) in [5.41, 5.74) is 2.08. The summed E-state index contributed by atoms with van der Waals surface area (Å²) in [6.45, 7) is 2.33. The van der Waals surface area contributed by atoms with E-state index in [0.29, 0.717) is 29.7 Å². The average molecular weight is 338 g/mol. The predicted octanol–water partition coefficient (Wildman–Crippen LogP) is 3.63. The van der Waals surface area contributed by atoms with Crippen LogP contribution in [0.25, 0.3) is 22.3 Å². The molecule has 2 heterocycles. The second-order valence-corrected chi connectivity index (χ2v) is 5.38. The van der Waals surface area contributed by atoms with Gasteiger partial charge in [-0.2, -0.15) is 10.1 Å². The van der Waals surface area contributed by atoms with Crippen LogP contribution in [-0.2, 0) is 0 Å². The molecule has 4 rings (SSSR count). The van der Waals surface area contributed by atoms with Crippen LogP contribution in [0.15, 0.2) is 42.6 Å². The minimum atomic E-state index is -0.423. The number of aromatic amines is 2. The van der Waals surface area contributed by atoms with Gasteiger partial charge in [-0.25, -0.2) is 4.39 Å². The number of H-pyrrole nitrogens is 2. The van der Waals surface area contributed by atoms with E-state index in [1.54, 1.807) is 18.3 Å². The van der Waals surface area contributed by atoms with E-state index >= 15 is 0 Å². The molecule has 126 valence electrons. The van der Waals surface area contributed by atoms with Crippen molar-refractivity contribution in [3.05, 3.63) is 48.4 Å². The second kappa shape index (κ2) is 6.23. The van der Waals surface area contributed by atoms with Crippen molar-refractivity contribution in [3.8, 4) is 17.1 Å². The van der Waals surface area contributed by atoms with E-state index in [2.05, 4.69) is 30.7 Å². The predicted molar refractivity (Wildman–Crippen MR) is 92.3 cm³/mol. The first kappa shape index (κ1) is 15.1. The van der Waals surface area contributed by atoms with Gasteiger partial charge in [-0.05, 0) is 37.3 Å². The van der Waals surface area contributed by atoms with Crippen LogP contribution in [-0.4, -0.2) is 32.0 Å². The molecule has 0 aliphatic heterocycles. The molecule has 0 amide bonds. The topological polar surface area (TPSA) is 91.5 Å². The molecule has 2 aromatic heterocycles. The van der Waals surface area contributed by atoms with E-state index in [0.717, 1.165) is 16.6 Å². The summed E-state index contributed by atoms with van der Waals surface area (Å²) in [6.07, 6.45) is 1.74. The molecule has 4 aromatic rings. The molecule has 0 bridgehead atoms. The number of benzene rings is 2. The SMILES string of the molecule is CCOc1ccc(-c2nc(Nc3ccc4[nH]ncc4c3)n[nH]2)c(F)c1. The van der Waals surface area contributed by atoms with Crippen molar-refractivity contribution in [2.45, 2.75) is 6.92 Å². The summed E-state index contributed by atoms with van der Waals surface area (Å²) in [7, 11) is 0. The number of anilines is 2. The number of nitrogens with zero attached hydrogens (tertiary/aromatic N) is 3. The summed E-state index contributed by atoms with van der Waals surface area (Å²) < 4.78 is 19.5. The van der Waals surface area contributed by atoms with E-state index < -0.39 is 5.82 Å². The summed E-state index contributed by atoms with van der Waals surface area (Å²) in [5, 5.41) is 17.8. The Morgan fingerprint density at radius 2 is 2.08 bits per heavy atom. The lowest BCUT2D eigenvalue weighted by atomic mass is 10.2. The molecular formula is C17H15FN6O. The standard InChI is InChI=1S/C17H15FN6O/c1-2-25-12-4-5-13(14(18)8-12)16-21-17(24-23-16)20-11-3-6-15-10(7-11)9-19-22-15/h3-9H,2H2,1H3,(H,19,22)(H2,20,21,23,24). The number of halogens is 1. The van der Waals surface area contributed by atoms with Crippen molar-refractivity contribution in [1.29, 1.82) is 0 Å². The first-order chi connectivity index (χ1) is 12.2. The summed E-state index contributed by atoms with van der Waals surface area (Å²) >= 11 is 0. The minimum Gasteiger partial charge on any atom is -0.494 e. The molecule has 0 aliphatic carbocycles. The summed E-state index contributed by atoms with van der Waals surface area (Å²) in [5.74, 6) is 0.752. The highest BCUT2D eigenvalue weighted by molar-refractivity contribution is 5.82. The quantitative estimate of drug-likeness (QED) is 0.517. The van der Waals surface area contributed by atoms with Gasteiger partial charge in [0.15, 0.2) is 5.82 Å². The number of ether oxygens (including phenoxy) is 1. The number of rotatable bonds is 5. The van der Waals surface area contributed by atoms with E-state index in [1.165, 1.54) is 6.07 Å². The molecule has 0 aliphatic rings. The Morgan fingerprint density at radius 3 is 2.92 bits per heavy atom. The smallest absolute Gasteiger partial charge is 0.246 e. The van der Waals surface area contributed by atoms with Gasteiger partial charge >= 0.3 is 0 Å². The van der Waals surface area contributed by atoms with Gasteiger partial charge in [-0.1, -0.05) is 0 Å². The maximum absolute atomic E-state index is 14.2. The van der Waals surface area contributed by atoms with Crippen molar-refractivity contribution in [1.82, 2.24) is 25.4 Å². The second-order valence-electron chi connectivity index (χ2n) is 5.38. The number of nitrogens with one attached hydrogen (secondary N) is 3. The molecular weight excluding hydrogens is 323 g/mol. The number of fused-ring (bicyclic) bond motifs is 1. The Bertz CT molecular complexity index is 1020. The van der Waals surface area contributed by atoms with Gasteiger partial charge in [-0.3, -0.25) is 10.2 Å². The molecule has 0 fully saturated rings. The number of aromatic nitrogens is 5. The van der Waals surface area contributed by atoms with Crippen LogP contribution in [0.5, 0.6) is 5.75 Å². The fourth-order valence-corrected chi connectivity index (χ4v) is 2.53. The lowest BCUT2D eigenvalue weighted by molar-refractivity contribution is 0.338. The fraction of sp³-hybridized carbons (Fsp3) is 0.118. The molecule has 0 spiro atoms. The molecule has 7 nitrogen and oxygen atoms in total. The third-order valence-corrected chi connectivity index (χ3v) is 3.69. The van der Waals surface area contributed by atoms with Gasteiger partial charge in [0, 0.05) is 17.1 Å². The Morgan fingerprint density at radius 1 is 1.16 bits per heavy atom. The molecule has 2 aromatic carbocycles. The zero-order valence-corrected chi connectivity index (χ0v) is 13.4. The largest absolute Gasteiger partial charge is 0.494 e. The molecule has 0 unspecified atom stereocenters. The monoisotopic (exact) mass is 338 g/mol. The van der Waals surface area contributed by atoms with E-state index in [1.807, 2.05) is 25.1 Å². The van der Waals surface area contributed by atoms with Crippen LogP contribution < -0.4 is 10.1 Å². The van der Waals surface area contributed by atoms with Crippen LogP contribution in [0.1, 0.15) is 6.92 Å². The number of hydrogen-bond donors (Lipinski definition) is 3. The molecule has 0 radical (unpaired) electrons. The maximum atomic E-state index is 14.2. The maximum Gasteiger partial charge on any atom is 0.246 e. The zero-order valence-electron chi connectivity index (χ0n) is 13.4. The highest BCUT2D eigenvalue weighted by Crippen LogP contribution is 2.25. The van der Waals surface area contributed by atoms with Crippen molar-refractivity contribution < 1.29 is 9.13 Å². The fourth-order valence-electron chi connectivity index (χ4n) is 2.53. The van der Waals surface area contributed by atoms with Crippen LogP contribution in [0.2, 0.25) is 0 Å². The van der Waals surface area contributed by atoms with E-state index in [9.17, 15) is 4.39 Å². The molecule has 0 atom stereocenters. The highest BCUT2D eigenvalue weighted by atomic mass is 19.1. The molecule has 3 N–H and O–H groups in total. The van der Waals surface area contributed by atoms with Gasteiger partial charge in [0.05, 0.1) is 23.9 Å². The van der Waals surface area contributed by atoms with Gasteiger partial charge in [0.1, 0.15) is 11.6 Å². The van der Waals surface area contributed by atoms with Gasteiger partial charge in [-0.15, -0.1) is 5.10 Å². The Hall–Kier alpha value is -3.42. The molecule has 0 saturated heterocycles. The highest BCUT2D eigenvalue weighted by Gasteiger charge is 2.12.